The van der Waals surface area contributed by atoms with Crippen molar-refractivity contribution in [2.75, 3.05) is 5.75 Å². The summed E-state index contributed by atoms with van der Waals surface area (Å²) in [5.41, 5.74) is 1.76. The quantitative estimate of drug-likeness (QED) is 0.659. The summed E-state index contributed by atoms with van der Waals surface area (Å²) >= 11 is 1.25. The molecule has 0 aliphatic heterocycles. The number of tetrazole rings is 1. The molecule has 2 aromatic carbocycles. The lowest BCUT2D eigenvalue weighted by Gasteiger charge is -2.13. The van der Waals surface area contributed by atoms with Crippen molar-refractivity contribution in [3.05, 3.63) is 60.2 Å². The van der Waals surface area contributed by atoms with Gasteiger partial charge in [0.15, 0.2) is 0 Å². The van der Waals surface area contributed by atoms with Gasteiger partial charge in [-0.2, -0.15) is 4.68 Å². The van der Waals surface area contributed by atoms with Crippen molar-refractivity contribution >= 4 is 17.7 Å². The SMILES string of the molecule is CC(NC(=O)CSc1nnnn1-c1ccc(O)cc1)c1ccccc1. The van der Waals surface area contributed by atoms with E-state index in [0.29, 0.717) is 10.8 Å². The molecule has 0 aliphatic carbocycles. The molecule has 0 spiro atoms. The maximum Gasteiger partial charge on any atom is 0.230 e. The van der Waals surface area contributed by atoms with E-state index in [1.165, 1.54) is 16.4 Å². The smallest absolute Gasteiger partial charge is 0.230 e. The topological polar surface area (TPSA) is 92.9 Å². The first-order valence-corrected chi connectivity index (χ1v) is 8.67. The lowest BCUT2D eigenvalue weighted by Crippen LogP contribution is -2.28. The van der Waals surface area contributed by atoms with Crippen molar-refractivity contribution in [1.82, 2.24) is 25.5 Å². The molecular formula is C17H17N5O2S. The molecule has 7 nitrogen and oxygen atoms in total. The van der Waals surface area contributed by atoms with Gasteiger partial charge in [0, 0.05) is 0 Å². The van der Waals surface area contributed by atoms with Crippen LogP contribution in [0.15, 0.2) is 59.8 Å². The van der Waals surface area contributed by atoms with Gasteiger partial charge in [0.1, 0.15) is 5.75 Å². The van der Waals surface area contributed by atoms with Crippen LogP contribution in [0.25, 0.3) is 5.69 Å². The number of phenols is 1. The summed E-state index contributed by atoms with van der Waals surface area (Å²) in [4.78, 5) is 12.2. The monoisotopic (exact) mass is 355 g/mol. The minimum atomic E-state index is -0.0957. The highest BCUT2D eigenvalue weighted by atomic mass is 32.2. The van der Waals surface area contributed by atoms with Gasteiger partial charge in [0.2, 0.25) is 11.1 Å². The van der Waals surface area contributed by atoms with Crippen LogP contribution in [0, 0.1) is 0 Å². The van der Waals surface area contributed by atoms with Crippen molar-refractivity contribution in [3.8, 4) is 11.4 Å². The number of carbonyl (C=O) groups is 1. The van der Waals surface area contributed by atoms with Gasteiger partial charge in [0.25, 0.3) is 0 Å². The Kier molecular flexibility index (Phi) is 5.30. The van der Waals surface area contributed by atoms with Crippen LogP contribution in [0.3, 0.4) is 0 Å². The molecule has 1 heterocycles. The van der Waals surface area contributed by atoms with Gasteiger partial charge < -0.3 is 10.4 Å². The van der Waals surface area contributed by atoms with Gasteiger partial charge in [-0.1, -0.05) is 42.1 Å². The third kappa shape index (κ3) is 4.36. The maximum atomic E-state index is 12.2. The van der Waals surface area contributed by atoms with Gasteiger partial charge in [-0.3, -0.25) is 4.79 Å². The fourth-order valence-corrected chi connectivity index (χ4v) is 2.97. The number of aromatic nitrogens is 4. The first-order chi connectivity index (χ1) is 12.1. The van der Waals surface area contributed by atoms with Gasteiger partial charge in [-0.25, -0.2) is 0 Å². The van der Waals surface area contributed by atoms with Crippen molar-refractivity contribution in [2.45, 2.75) is 18.1 Å². The highest BCUT2D eigenvalue weighted by Gasteiger charge is 2.13. The van der Waals surface area contributed by atoms with E-state index in [4.69, 9.17) is 0 Å². The van der Waals surface area contributed by atoms with E-state index in [-0.39, 0.29) is 23.5 Å². The Hall–Kier alpha value is -2.87. The zero-order valence-corrected chi connectivity index (χ0v) is 14.3. The number of phenolic OH excluding ortho intramolecular Hbond substituents is 1. The first-order valence-electron chi connectivity index (χ1n) is 7.68. The Labute approximate surface area is 149 Å². The predicted molar refractivity (Wildman–Crippen MR) is 94.5 cm³/mol. The molecule has 0 bridgehead atoms. The fourth-order valence-electron chi connectivity index (χ4n) is 2.26. The fraction of sp³-hybridized carbons (Fsp3) is 0.176. The number of benzene rings is 2. The Bertz CT molecular complexity index is 836. The summed E-state index contributed by atoms with van der Waals surface area (Å²) < 4.78 is 1.53. The molecule has 0 fully saturated rings. The van der Waals surface area contributed by atoms with Crippen molar-refractivity contribution in [3.63, 3.8) is 0 Å². The van der Waals surface area contributed by atoms with E-state index in [1.807, 2.05) is 37.3 Å². The molecule has 2 N–H and O–H groups in total. The van der Waals surface area contributed by atoms with Crippen LogP contribution in [-0.2, 0) is 4.79 Å². The second-order valence-corrected chi connectivity index (χ2v) is 6.32. The van der Waals surface area contributed by atoms with Crippen LogP contribution in [0.5, 0.6) is 5.75 Å². The molecule has 3 rings (SSSR count). The first kappa shape index (κ1) is 17.0. The van der Waals surface area contributed by atoms with Crippen LogP contribution in [0.4, 0.5) is 0 Å². The number of nitrogens with one attached hydrogen (secondary N) is 1. The molecule has 1 unspecified atom stereocenters. The van der Waals surface area contributed by atoms with Crippen LogP contribution >= 0.6 is 11.8 Å². The van der Waals surface area contributed by atoms with Crippen LogP contribution < -0.4 is 5.32 Å². The molecular weight excluding hydrogens is 338 g/mol. The minimum absolute atomic E-state index is 0.0672. The second-order valence-electron chi connectivity index (χ2n) is 5.38. The Balaban J connectivity index is 1.60. The van der Waals surface area contributed by atoms with E-state index >= 15 is 0 Å². The third-order valence-electron chi connectivity index (χ3n) is 3.54. The number of aromatic hydroxyl groups is 1. The van der Waals surface area contributed by atoms with Gasteiger partial charge in [0.05, 0.1) is 17.5 Å². The lowest BCUT2D eigenvalue weighted by molar-refractivity contribution is -0.119. The molecule has 0 aliphatic rings. The van der Waals surface area contributed by atoms with Crippen LogP contribution in [-0.4, -0.2) is 37.0 Å². The number of nitrogens with zero attached hydrogens (tertiary/aromatic N) is 4. The third-order valence-corrected chi connectivity index (χ3v) is 4.46. The number of thioether (sulfide) groups is 1. The van der Waals surface area contributed by atoms with E-state index < -0.39 is 0 Å². The molecule has 0 radical (unpaired) electrons. The molecule has 3 aromatic rings. The van der Waals surface area contributed by atoms with Crippen LogP contribution in [0.1, 0.15) is 18.5 Å². The maximum absolute atomic E-state index is 12.2. The average Bonchev–Trinajstić information content (AvgIpc) is 3.10. The van der Waals surface area contributed by atoms with Crippen LogP contribution in [0.2, 0.25) is 0 Å². The van der Waals surface area contributed by atoms with Gasteiger partial charge in [-0.15, -0.1) is 5.10 Å². The standard InChI is InChI=1S/C17H17N5O2S/c1-12(13-5-3-2-4-6-13)18-16(24)11-25-17-19-20-21-22(17)14-7-9-15(23)10-8-14/h2-10,12,23H,11H2,1H3,(H,18,24). The van der Waals surface area contributed by atoms with Gasteiger partial charge >= 0.3 is 0 Å². The van der Waals surface area contributed by atoms with E-state index in [9.17, 15) is 9.90 Å². The highest BCUT2D eigenvalue weighted by molar-refractivity contribution is 7.99. The summed E-state index contributed by atoms with van der Waals surface area (Å²) in [7, 11) is 0. The largest absolute Gasteiger partial charge is 0.508 e. The summed E-state index contributed by atoms with van der Waals surface area (Å²) in [5.74, 6) is 0.275. The summed E-state index contributed by atoms with van der Waals surface area (Å²) in [5, 5.41) is 24.3. The van der Waals surface area contributed by atoms with Crippen molar-refractivity contribution in [1.29, 1.82) is 0 Å². The van der Waals surface area contributed by atoms with Gasteiger partial charge in [-0.05, 0) is 47.2 Å². The predicted octanol–water partition coefficient (Wildman–Crippen LogP) is 2.34. The summed E-state index contributed by atoms with van der Waals surface area (Å²) in [6.45, 7) is 1.94. The summed E-state index contributed by atoms with van der Waals surface area (Å²) in [6.07, 6.45) is 0. The number of rotatable bonds is 6. The molecule has 1 aromatic heterocycles. The van der Waals surface area contributed by atoms with E-state index in [2.05, 4.69) is 20.8 Å². The van der Waals surface area contributed by atoms with E-state index in [1.54, 1.807) is 24.3 Å². The Morgan fingerprint density at radius 2 is 1.92 bits per heavy atom. The molecule has 1 amide bonds. The molecule has 0 saturated heterocycles. The molecule has 0 saturated carbocycles. The average molecular weight is 355 g/mol. The summed E-state index contributed by atoms with van der Waals surface area (Å²) in [6, 6.07) is 16.2. The van der Waals surface area contributed by atoms with E-state index in [0.717, 1.165) is 5.56 Å². The zero-order valence-electron chi connectivity index (χ0n) is 13.5. The minimum Gasteiger partial charge on any atom is -0.508 e. The second kappa shape index (κ2) is 7.80. The Morgan fingerprint density at radius 3 is 2.64 bits per heavy atom. The number of carbonyl (C=O) groups excluding carboxylic acids is 1. The lowest BCUT2D eigenvalue weighted by atomic mass is 10.1. The molecule has 1 atom stereocenters. The van der Waals surface area contributed by atoms with Crippen molar-refractivity contribution < 1.29 is 9.90 Å². The Morgan fingerprint density at radius 1 is 1.20 bits per heavy atom. The number of hydrogen-bond donors (Lipinski definition) is 2. The number of hydrogen-bond acceptors (Lipinski definition) is 6. The molecule has 25 heavy (non-hydrogen) atoms. The number of amides is 1. The molecule has 8 heteroatoms. The normalized spacial score (nSPS) is 11.9. The molecule has 128 valence electrons. The van der Waals surface area contributed by atoms with Crippen molar-refractivity contribution in [2.24, 2.45) is 0 Å². The highest BCUT2D eigenvalue weighted by Crippen LogP contribution is 2.20. The zero-order chi connectivity index (χ0) is 17.6.